The smallest absolute Gasteiger partial charge is 0.160 e. The van der Waals surface area contributed by atoms with Gasteiger partial charge in [-0.15, -0.1) is 0 Å². The van der Waals surface area contributed by atoms with E-state index in [1.54, 1.807) is 12.4 Å². The van der Waals surface area contributed by atoms with Crippen LogP contribution in [0.5, 0.6) is 0 Å². The van der Waals surface area contributed by atoms with E-state index < -0.39 is 5.60 Å². The van der Waals surface area contributed by atoms with Gasteiger partial charge in [0.1, 0.15) is 5.82 Å². The first-order valence-electron chi connectivity index (χ1n) is 6.97. The molecule has 3 rings (SSSR count). The molecule has 2 aliphatic rings. The maximum absolute atomic E-state index is 10.7. The summed E-state index contributed by atoms with van der Waals surface area (Å²) in [5, 5.41) is 10.7. The third-order valence-electron chi connectivity index (χ3n) is 4.52. The van der Waals surface area contributed by atoms with E-state index in [-0.39, 0.29) is 0 Å². The molecule has 1 saturated heterocycles. The molecule has 2 unspecified atom stereocenters. The number of hydrazine groups is 1. The van der Waals surface area contributed by atoms with Gasteiger partial charge >= 0.3 is 0 Å². The Morgan fingerprint density at radius 2 is 2.26 bits per heavy atom. The molecule has 1 aliphatic carbocycles. The standard InChI is InChI=1S/C13H21N5O/c14-17-11-7-15-8-12(16-11)18-6-5-13(19)4-2-1-3-10(13)9-18/h7-8,10,19H,1-6,9,14H2,(H,16,17). The van der Waals surface area contributed by atoms with Crippen LogP contribution in [0.3, 0.4) is 0 Å². The summed E-state index contributed by atoms with van der Waals surface area (Å²) in [6.07, 6.45) is 8.60. The third kappa shape index (κ3) is 2.37. The molecular formula is C13H21N5O. The fraction of sp³-hybridized carbons (Fsp3) is 0.692. The van der Waals surface area contributed by atoms with Crippen LogP contribution in [0.2, 0.25) is 0 Å². The Hall–Kier alpha value is -1.40. The molecule has 2 heterocycles. The Labute approximate surface area is 113 Å². The van der Waals surface area contributed by atoms with Crippen molar-refractivity contribution in [2.75, 3.05) is 23.4 Å². The molecule has 1 aromatic heterocycles. The first-order chi connectivity index (χ1) is 9.21. The van der Waals surface area contributed by atoms with E-state index in [1.165, 1.54) is 6.42 Å². The van der Waals surface area contributed by atoms with Crippen LogP contribution in [0.1, 0.15) is 32.1 Å². The second kappa shape index (κ2) is 4.94. The summed E-state index contributed by atoms with van der Waals surface area (Å²) in [5.74, 6) is 7.12. The molecule has 4 N–H and O–H groups in total. The van der Waals surface area contributed by atoms with Gasteiger partial charge in [-0.3, -0.25) is 4.98 Å². The predicted octanol–water partition coefficient (Wildman–Crippen LogP) is 0.894. The van der Waals surface area contributed by atoms with Gasteiger partial charge in [0.2, 0.25) is 0 Å². The number of aromatic nitrogens is 2. The molecule has 6 heteroatoms. The molecule has 1 aromatic rings. The average molecular weight is 263 g/mol. The van der Waals surface area contributed by atoms with Crippen molar-refractivity contribution in [1.29, 1.82) is 0 Å². The molecule has 0 aromatic carbocycles. The van der Waals surface area contributed by atoms with E-state index in [0.29, 0.717) is 11.7 Å². The lowest BCUT2D eigenvalue weighted by atomic mass is 9.71. The highest BCUT2D eigenvalue weighted by atomic mass is 16.3. The number of nitrogens with one attached hydrogen (secondary N) is 1. The maximum atomic E-state index is 10.7. The van der Waals surface area contributed by atoms with E-state index >= 15 is 0 Å². The van der Waals surface area contributed by atoms with Gasteiger partial charge in [0.25, 0.3) is 0 Å². The van der Waals surface area contributed by atoms with Crippen LogP contribution in [-0.4, -0.2) is 33.8 Å². The van der Waals surface area contributed by atoms with E-state index in [1.807, 2.05) is 0 Å². The largest absolute Gasteiger partial charge is 0.389 e. The Bertz CT molecular complexity index is 454. The lowest BCUT2D eigenvalue weighted by Crippen LogP contribution is -2.53. The quantitative estimate of drug-likeness (QED) is 0.542. The summed E-state index contributed by atoms with van der Waals surface area (Å²) in [5.41, 5.74) is 2.07. The second-order valence-electron chi connectivity index (χ2n) is 5.65. The van der Waals surface area contributed by atoms with Crippen LogP contribution in [0.4, 0.5) is 11.6 Å². The fourth-order valence-electron chi connectivity index (χ4n) is 3.36. The van der Waals surface area contributed by atoms with Crippen LogP contribution >= 0.6 is 0 Å². The minimum Gasteiger partial charge on any atom is -0.389 e. The predicted molar refractivity (Wildman–Crippen MR) is 73.6 cm³/mol. The number of piperidine rings is 1. The van der Waals surface area contributed by atoms with Crippen LogP contribution in [0.15, 0.2) is 12.4 Å². The van der Waals surface area contributed by atoms with Gasteiger partial charge in [0.05, 0.1) is 18.0 Å². The maximum Gasteiger partial charge on any atom is 0.160 e. The van der Waals surface area contributed by atoms with Gasteiger partial charge in [-0.1, -0.05) is 12.8 Å². The monoisotopic (exact) mass is 263 g/mol. The van der Waals surface area contributed by atoms with Gasteiger partial charge in [-0.05, 0) is 19.3 Å². The summed E-state index contributed by atoms with van der Waals surface area (Å²) in [6.45, 7) is 1.69. The van der Waals surface area contributed by atoms with Crippen molar-refractivity contribution in [2.45, 2.75) is 37.7 Å². The van der Waals surface area contributed by atoms with Crippen LogP contribution < -0.4 is 16.2 Å². The van der Waals surface area contributed by atoms with E-state index in [0.717, 1.165) is 44.6 Å². The highest BCUT2D eigenvalue weighted by Crippen LogP contribution is 2.40. The van der Waals surface area contributed by atoms with Crippen LogP contribution in [-0.2, 0) is 0 Å². The number of hydrogen-bond acceptors (Lipinski definition) is 6. The van der Waals surface area contributed by atoms with Gasteiger partial charge in [-0.25, -0.2) is 10.8 Å². The van der Waals surface area contributed by atoms with E-state index in [4.69, 9.17) is 5.84 Å². The minimum atomic E-state index is -0.452. The van der Waals surface area contributed by atoms with Gasteiger partial charge in [0.15, 0.2) is 5.82 Å². The van der Waals surface area contributed by atoms with Crippen molar-refractivity contribution in [3.8, 4) is 0 Å². The van der Waals surface area contributed by atoms with Crippen molar-refractivity contribution in [3.05, 3.63) is 12.4 Å². The summed E-state index contributed by atoms with van der Waals surface area (Å²) in [7, 11) is 0. The summed E-state index contributed by atoms with van der Waals surface area (Å²) < 4.78 is 0. The van der Waals surface area contributed by atoms with Crippen molar-refractivity contribution >= 4 is 11.6 Å². The zero-order chi connectivity index (χ0) is 13.3. The number of hydrogen-bond donors (Lipinski definition) is 3. The summed E-state index contributed by atoms with van der Waals surface area (Å²) >= 11 is 0. The van der Waals surface area contributed by atoms with Gasteiger partial charge in [0, 0.05) is 19.0 Å². The van der Waals surface area contributed by atoms with Crippen molar-refractivity contribution in [2.24, 2.45) is 11.8 Å². The minimum absolute atomic E-state index is 0.353. The molecular weight excluding hydrogens is 242 g/mol. The van der Waals surface area contributed by atoms with E-state index in [9.17, 15) is 5.11 Å². The first-order valence-corrected chi connectivity index (χ1v) is 6.97. The molecule has 1 aliphatic heterocycles. The molecule has 0 radical (unpaired) electrons. The van der Waals surface area contributed by atoms with Crippen LogP contribution in [0.25, 0.3) is 0 Å². The topological polar surface area (TPSA) is 87.3 Å². The summed E-state index contributed by atoms with van der Waals surface area (Å²) in [6, 6.07) is 0. The molecule has 0 spiro atoms. The summed E-state index contributed by atoms with van der Waals surface area (Å²) in [4.78, 5) is 10.8. The van der Waals surface area contributed by atoms with Crippen molar-refractivity contribution in [3.63, 3.8) is 0 Å². The lowest BCUT2D eigenvalue weighted by molar-refractivity contribution is -0.0613. The molecule has 2 atom stereocenters. The van der Waals surface area contributed by atoms with E-state index in [2.05, 4.69) is 20.3 Å². The van der Waals surface area contributed by atoms with Crippen LogP contribution in [0, 0.1) is 5.92 Å². The van der Waals surface area contributed by atoms with Gasteiger partial charge < -0.3 is 15.4 Å². The van der Waals surface area contributed by atoms with Crippen molar-refractivity contribution < 1.29 is 5.11 Å². The normalized spacial score (nSPS) is 30.8. The molecule has 19 heavy (non-hydrogen) atoms. The first kappa shape index (κ1) is 12.6. The molecule has 0 bridgehead atoms. The number of nitrogens with zero attached hydrogens (tertiary/aromatic N) is 3. The Morgan fingerprint density at radius 3 is 3.11 bits per heavy atom. The molecule has 6 nitrogen and oxygen atoms in total. The Kier molecular flexibility index (Phi) is 3.28. The Balaban J connectivity index is 1.76. The average Bonchev–Trinajstić information content (AvgIpc) is 2.46. The zero-order valence-corrected chi connectivity index (χ0v) is 11.0. The highest BCUT2D eigenvalue weighted by molar-refractivity contribution is 5.44. The zero-order valence-electron chi connectivity index (χ0n) is 11.0. The number of nitrogens with two attached hydrogens (primary N) is 1. The number of aliphatic hydroxyl groups is 1. The lowest BCUT2D eigenvalue weighted by Gasteiger charge is -2.47. The molecule has 104 valence electrons. The second-order valence-corrected chi connectivity index (χ2v) is 5.65. The van der Waals surface area contributed by atoms with Gasteiger partial charge in [-0.2, -0.15) is 0 Å². The third-order valence-corrected chi connectivity index (χ3v) is 4.52. The number of rotatable bonds is 2. The molecule has 2 fully saturated rings. The molecule has 0 amide bonds. The number of fused-ring (bicyclic) bond motifs is 1. The number of anilines is 2. The fourth-order valence-corrected chi connectivity index (χ4v) is 3.36. The Morgan fingerprint density at radius 1 is 1.37 bits per heavy atom. The van der Waals surface area contributed by atoms with Crippen molar-refractivity contribution in [1.82, 2.24) is 9.97 Å². The highest BCUT2D eigenvalue weighted by Gasteiger charge is 2.43. The SMILES string of the molecule is NNc1cncc(N2CCC3(O)CCCCC3C2)n1. The number of nitrogen functional groups attached to an aromatic ring is 1. The molecule has 1 saturated carbocycles.